The molecular weight excluding hydrogens is 250 g/mol. The third kappa shape index (κ3) is 3.04. The molecule has 0 spiro atoms. The van der Waals surface area contributed by atoms with Crippen LogP contribution in [0.2, 0.25) is 0 Å². The summed E-state index contributed by atoms with van der Waals surface area (Å²) in [4.78, 5) is 4.54. The molecule has 2 aromatic rings. The fourth-order valence-electron chi connectivity index (χ4n) is 2.34. The molecule has 5 nitrogen and oxygen atoms in total. The Hall–Kier alpha value is -1.75. The Labute approximate surface area is 120 Å². The standard InChI is InChI=1S/C15H23N5/c1-5-7-16-14(15-17-8-9-20(15)6-2)13-10-11(3)18-19-12(13)4/h8-10,14,16H,5-7H2,1-4H3. The van der Waals surface area contributed by atoms with Gasteiger partial charge in [-0.25, -0.2) is 4.98 Å². The van der Waals surface area contributed by atoms with Crippen molar-refractivity contribution in [2.24, 2.45) is 0 Å². The molecule has 0 aromatic carbocycles. The molecule has 0 saturated heterocycles. The van der Waals surface area contributed by atoms with Gasteiger partial charge in [0.2, 0.25) is 0 Å². The number of aromatic nitrogens is 4. The minimum atomic E-state index is 0.0686. The van der Waals surface area contributed by atoms with E-state index in [9.17, 15) is 0 Å². The maximum atomic E-state index is 4.54. The fourth-order valence-corrected chi connectivity index (χ4v) is 2.34. The molecule has 2 aromatic heterocycles. The Balaban J connectivity index is 2.44. The molecule has 2 heterocycles. The van der Waals surface area contributed by atoms with E-state index in [1.807, 2.05) is 26.2 Å². The Morgan fingerprint density at radius 3 is 2.75 bits per heavy atom. The van der Waals surface area contributed by atoms with E-state index in [0.717, 1.165) is 42.3 Å². The highest BCUT2D eigenvalue weighted by Crippen LogP contribution is 2.23. The quantitative estimate of drug-likeness (QED) is 0.878. The highest BCUT2D eigenvalue weighted by atomic mass is 15.1. The summed E-state index contributed by atoms with van der Waals surface area (Å²) in [6, 6.07) is 2.17. The van der Waals surface area contributed by atoms with Crippen molar-refractivity contribution in [3.05, 3.63) is 41.2 Å². The Kier molecular flexibility index (Phi) is 4.84. The molecule has 0 aliphatic carbocycles. The van der Waals surface area contributed by atoms with Gasteiger partial charge in [-0.05, 0) is 39.8 Å². The second-order valence-electron chi connectivity index (χ2n) is 4.99. The molecular formula is C15H23N5. The second kappa shape index (κ2) is 6.61. The van der Waals surface area contributed by atoms with Gasteiger partial charge >= 0.3 is 0 Å². The molecule has 0 amide bonds. The first-order chi connectivity index (χ1) is 9.67. The number of aryl methyl sites for hydroxylation is 3. The van der Waals surface area contributed by atoms with Gasteiger partial charge in [0.1, 0.15) is 5.82 Å². The lowest BCUT2D eigenvalue weighted by atomic mass is 10.0. The maximum Gasteiger partial charge on any atom is 0.130 e. The number of imidazole rings is 1. The van der Waals surface area contributed by atoms with Gasteiger partial charge in [-0.15, -0.1) is 0 Å². The summed E-state index contributed by atoms with van der Waals surface area (Å²) < 4.78 is 2.17. The lowest BCUT2D eigenvalue weighted by Gasteiger charge is -2.21. The molecule has 0 aliphatic heterocycles. The third-order valence-corrected chi connectivity index (χ3v) is 3.40. The van der Waals surface area contributed by atoms with E-state index in [0.29, 0.717) is 0 Å². The summed E-state index contributed by atoms with van der Waals surface area (Å²) in [6.45, 7) is 10.1. The average molecular weight is 273 g/mol. The second-order valence-corrected chi connectivity index (χ2v) is 4.99. The van der Waals surface area contributed by atoms with Crippen LogP contribution in [-0.2, 0) is 6.54 Å². The monoisotopic (exact) mass is 273 g/mol. The van der Waals surface area contributed by atoms with Gasteiger partial charge in [0.05, 0.1) is 17.4 Å². The number of hydrogen-bond donors (Lipinski definition) is 1. The van der Waals surface area contributed by atoms with Crippen molar-refractivity contribution in [2.75, 3.05) is 6.54 Å². The molecule has 5 heteroatoms. The fraction of sp³-hybridized carbons (Fsp3) is 0.533. The normalized spacial score (nSPS) is 12.6. The van der Waals surface area contributed by atoms with Crippen molar-refractivity contribution in [3.8, 4) is 0 Å². The highest BCUT2D eigenvalue weighted by Gasteiger charge is 2.21. The van der Waals surface area contributed by atoms with Gasteiger partial charge in [0.25, 0.3) is 0 Å². The van der Waals surface area contributed by atoms with Crippen LogP contribution in [0.25, 0.3) is 0 Å². The first-order valence-corrected chi connectivity index (χ1v) is 7.22. The van der Waals surface area contributed by atoms with Crippen LogP contribution in [0.4, 0.5) is 0 Å². The van der Waals surface area contributed by atoms with E-state index >= 15 is 0 Å². The molecule has 0 saturated carbocycles. The first kappa shape index (κ1) is 14.7. The van der Waals surface area contributed by atoms with Crippen molar-refractivity contribution in [2.45, 2.75) is 46.7 Å². The number of nitrogens with one attached hydrogen (secondary N) is 1. The molecule has 0 radical (unpaired) electrons. The van der Waals surface area contributed by atoms with Crippen LogP contribution in [-0.4, -0.2) is 26.3 Å². The van der Waals surface area contributed by atoms with Crippen LogP contribution in [0, 0.1) is 13.8 Å². The summed E-state index contributed by atoms with van der Waals surface area (Å²) in [6.07, 6.45) is 4.96. The van der Waals surface area contributed by atoms with E-state index in [1.54, 1.807) is 0 Å². The summed E-state index contributed by atoms with van der Waals surface area (Å²) >= 11 is 0. The maximum absolute atomic E-state index is 4.54. The predicted molar refractivity (Wildman–Crippen MR) is 79.5 cm³/mol. The number of nitrogens with zero attached hydrogens (tertiary/aromatic N) is 4. The zero-order valence-corrected chi connectivity index (χ0v) is 12.7. The van der Waals surface area contributed by atoms with Crippen molar-refractivity contribution in [1.82, 2.24) is 25.1 Å². The van der Waals surface area contributed by atoms with Gasteiger partial charge in [-0.2, -0.15) is 10.2 Å². The summed E-state index contributed by atoms with van der Waals surface area (Å²) in [5.41, 5.74) is 3.05. The van der Waals surface area contributed by atoms with E-state index in [4.69, 9.17) is 0 Å². The van der Waals surface area contributed by atoms with Gasteiger partial charge in [-0.3, -0.25) is 0 Å². The Morgan fingerprint density at radius 1 is 1.25 bits per heavy atom. The molecule has 2 rings (SSSR count). The smallest absolute Gasteiger partial charge is 0.130 e. The van der Waals surface area contributed by atoms with E-state index in [1.165, 1.54) is 0 Å². The Bertz CT molecular complexity index is 561. The Morgan fingerprint density at radius 2 is 2.05 bits per heavy atom. The largest absolute Gasteiger partial charge is 0.334 e. The van der Waals surface area contributed by atoms with E-state index in [-0.39, 0.29) is 6.04 Å². The molecule has 20 heavy (non-hydrogen) atoms. The van der Waals surface area contributed by atoms with Crippen molar-refractivity contribution in [3.63, 3.8) is 0 Å². The van der Waals surface area contributed by atoms with Gasteiger partial charge < -0.3 is 9.88 Å². The van der Waals surface area contributed by atoms with Crippen LogP contribution < -0.4 is 5.32 Å². The number of hydrogen-bond acceptors (Lipinski definition) is 4. The van der Waals surface area contributed by atoms with Crippen LogP contribution in [0.1, 0.15) is 49.1 Å². The molecule has 1 atom stereocenters. The topological polar surface area (TPSA) is 55.6 Å². The van der Waals surface area contributed by atoms with Crippen molar-refractivity contribution >= 4 is 0 Å². The van der Waals surface area contributed by atoms with Crippen LogP contribution in [0.15, 0.2) is 18.5 Å². The van der Waals surface area contributed by atoms with Crippen LogP contribution in [0.5, 0.6) is 0 Å². The third-order valence-electron chi connectivity index (χ3n) is 3.40. The molecule has 0 fully saturated rings. The molecule has 1 N–H and O–H groups in total. The molecule has 1 unspecified atom stereocenters. The zero-order chi connectivity index (χ0) is 14.5. The van der Waals surface area contributed by atoms with Crippen LogP contribution in [0.3, 0.4) is 0 Å². The zero-order valence-electron chi connectivity index (χ0n) is 12.7. The summed E-state index contributed by atoms with van der Waals surface area (Å²) in [5.74, 6) is 1.04. The van der Waals surface area contributed by atoms with Gasteiger partial charge in [0, 0.05) is 24.5 Å². The average Bonchev–Trinajstić information content (AvgIpc) is 2.91. The molecule has 108 valence electrons. The first-order valence-electron chi connectivity index (χ1n) is 7.22. The lowest BCUT2D eigenvalue weighted by molar-refractivity contribution is 0.536. The SMILES string of the molecule is CCCNC(c1cc(C)nnc1C)c1nccn1CC. The van der Waals surface area contributed by atoms with E-state index < -0.39 is 0 Å². The van der Waals surface area contributed by atoms with Crippen molar-refractivity contribution < 1.29 is 0 Å². The minimum absolute atomic E-state index is 0.0686. The minimum Gasteiger partial charge on any atom is -0.334 e. The number of rotatable bonds is 6. The van der Waals surface area contributed by atoms with Crippen LogP contribution >= 0.6 is 0 Å². The highest BCUT2D eigenvalue weighted by molar-refractivity contribution is 5.29. The van der Waals surface area contributed by atoms with Crippen molar-refractivity contribution in [1.29, 1.82) is 0 Å². The van der Waals surface area contributed by atoms with E-state index in [2.05, 4.69) is 45.0 Å². The molecule has 0 aliphatic rings. The predicted octanol–water partition coefficient (Wildman–Crippen LogP) is 2.40. The molecule has 0 bridgehead atoms. The van der Waals surface area contributed by atoms with Gasteiger partial charge in [0.15, 0.2) is 0 Å². The summed E-state index contributed by atoms with van der Waals surface area (Å²) in [5, 5.41) is 11.9. The lowest BCUT2D eigenvalue weighted by Crippen LogP contribution is -2.27. The summed E-state index contributed by atoms with van der Waals surface area (Å²) in [7, 11) is 0. The van der Waals surface area contributed by atoms with Gasteiger partial charge in [-0.1, -0.05) is 6.92 Å².